The van der Waals surface area contributed by atoms with E-state index in [1.165, 1.54) is 10.4 Å². The zero-order valence-electron chi connectivity index (χ0n) is 15.8. The van der Waals surface area contributed by atoms with Gasteiger partial charge in [0.15, 0.2) is 0 Å². The Balaban J connectivity index is 1.54. The van der Waals surface area contributed by atoms with E-state index in [-0.39, 0.29) is 5.91 Å². The Labute approximate surface area is 159 Å². The molecule has 2 aromatic heterocycles. The van der Waals surface area contributed by atoms with Crippen LogP contribution >= 0.6 is 11.3 Å². The van der Waals surface area contributed by atoms with Gasteiger partial charge in [-0.2, -0.15) is 0 Å². The highest BCUT2D eigenvalue weighted by Crippen LogP contribution is 2.20. The van der Waals surface area contributed by atoms with E-state index in [9.17, 15) is 4.79 Å². The second-order valence-electron chi connectivity index (χ2n) is 6.58. The van der Waals surface area contributed by atoms with Crippen molar-refractivity contribution in [2.45, 2.75) is 33.6 Å². The molecule has 0 atom stereocenters. The molecule has 0 bridgehead atoms. The van der Waals surface area contributed by atoms with Crippen LogP contribution in [0.3, 0.4) is 0 Å². The van der Waals surface area contributed by atoms with E-state index in [1.54, 1.807) is 11.3 Å². The van der Waals surface area contributed by atoms with Crippen LogP contribution in [0.2, 0.25) is 0 Å². The summed E-state index contributed by atoms with van der Waals surface area (Å²) in [5, 5.41) is 5.34. The zero-order valence-corrected chi connectivity index (χ0v) is 16.6. The lowest BCUT2D eigenvalue weighted by Crippen LogP contribution is -2.49. The minimum atomic E-state index is 0.254. The number of carbonyl (C=O) groups is 1. The molecule has 26 heavy (non-hydrogen) atoms. The molecule has 1 aliphatic heterocycles. The quantitative estimate of drug-likeness (QED) is 0.844. The van der Waals surface area contributed by atoms with Gasteiger partial charge in [-0.1, -0.05) is 0 Å². The predicted octanol–water partition coefficient (Wildman–Crippen LogP) is 2.87. The maximum atomic E-state index is 12.5. The molecular weight excluding hydrogens is 346 g/mol. The fraction of sp³-hybridized carbons (Fsp3) is 0.526. The number of thiophene rings is 1. The van der Waals surface area contributed by atoms with Gasteiger partial charge in [-0.15, -0.1) is 11.3 Å². The van der Waals surface area contributed by atoms with Gasteiger partial charge in [0, 0.05) is 50.1 Å². The average molecular weight is 374 g/mol. The second kappa shape index (κ2) is 8.49. The third-order valence-corrected chi connectivity index (χ3v) is 5.76. The summed E-state index contributed by atoms with van der Waals surface area (Å²) in [4.78, 5) is 27.0. The summed E-state index contributed by atoms with van der Waals surface area (Å²) >= 11 is 1.74. The number of nitrogens with zero attached hydrogens (tertiary/aromatic N) is 4. The number of piperazine rings is 1. The van der Waals surface area contributed by atoms with E-state index >= 15 is 0 Å². The number of aromatic nitrogens is 2. The first-order valence-electron chi connectivity index (χ1n) is 9.22. The van der Waals surface area contributed by atoms with Gasteiger partial charge >= 0.3 is 0 Å². The number of hydrogen-bond acceptors (Lipinski definition) is 6. The van der Waals surface area contributed by atoms with Crippen LogP contribution in [0.1, 0.15) is 29.6 Å². The predicted molar refractivity (Wildman–Crippen MR) is 107 cm³/mol. The molecule has 0 aromatic carbocycles. The summed E-state index contributed by atoms with van der Waals surface area (Å²) in [6.45, 7) is 10.0. The van der Waals surface area contributed by atoms with E-state index in [1.807, 2.05) is 17.9 Å². The lowest BCUT2D eigenvalue weighted by molar-refractivity contribution is -0.131. The first-order chi connectivity index (χ1) is 12.6. The van der Waals surface area contributed by atoms with Crippen molar-refractivity contribution in [1.82, 2.24) is 14.9 Å². The minimum Gasteiger partial charge on any atom is -0.370 e. The highest BCUT2D eigenvalue weighted by molar-refractivity contribution is 7.10. The topological polar surface area (TPSA) is 61.4 Å². The van der Waals surface area contributed by atoms with Crippen LogP contribution in [0.5, 0.6) is 0 Å². The van der Waals surface area contributed by atoms with Crippen LogP contribution < -0.4 is 10.2 Å². The second-order valence-corrected chi connectivity index (χ2v) is 7.58. The van der Waals surface area contributed by atoms with Crippen molar-refractivity contribution in [3.8, 4) is 0 Å². The van der Waals surface area contributed by atoms with Crippen LogP contribution in [0.4, 0.5) is 11.6 Å². The third kappa shape index (κ3) is 4.52. The maximum Gasteiger partial charge on any atom is 0.223 e. The van der Waals surface area contributed by atoms with Crippen molar-refractivity contribution in [2.24, 2.45) is 0 Å². The molecule has 0 spiro atoms. The smallest absolute Gasteiger partial charge is 0.223 e. The average Bonchev–Trinajstić information content (AvgIpc) is 3.04. The molecule has 0 unspecified atom stereocenters. The molecule has 3 rings (SSSR count). The zero-order chi connectivity index (χ0) is 18.5. The summed E-state index contributed by atoms with van der Waals surface area (Å²) in [5.74, 6) is 2.82. The van der Waals surface area contributed by atoms with E-state index < -0.39 is 0 Å². The van der Waals surface area contributed by atoms with Crippen LogP contribution in [-0.2, 0) is 11.2 Å². The molecule has 1 saturated heterocycles. The number of carbonyl (C=O) groups excluding carboxylic acids is 1. The normalized spacial score (nSPS) is 14.6. The SMILES string of the molecule is CCNc1cc(N2CCN(C(=O)CCc3sccc3C)CC2)nc(C)n1. The molecule has 140 valence electrons. The Kier molecular flexibility index (Phi) is 6.08. The van der Waals surface area contributed by atoms with E-state index in [0.717, 1.165) is 56.6 Å². The fourth-order valence-corrected chi connectivity index (χ4v) is 4.12. The van der Waals surface area contributed by atoms with Gasteiger partial charge in [0.05, 0.1) is 0 Å². The van der Waals surface area contributed by atoms with Crippen LogP contribution in [0, 0.1) is 13.8 Å². The number of nitrogens with one attached hydrogen (secondary N) is 1. The van der Waals surface area contributed by atoms with Crippen molar-refractivity contribution in [3.05, 3.63) is 33.8 Å². The van der Waals surface area contributed by atoms with Gasteiger partial charge < -0.3 is 15.1 Å². The van der Waals surface area contributed by atoms with Gasteiger partial charge in [-0.05, 0) is 44.2 Å². The summed E-state index contributed by atoms with van der Waals surface area (Å²) in [5.41, 5.74) is 1.29. The Morgan fingerprint density at radius 3 is 2.65 bits per heavy atom. The van der Waals surface area contributed by atoms with Gasteiger partial charge in [-0.3, -0.25) is 4.79 Å². The number of anilines is 2. The first kappa shape index (κ1) is 18.6. The molecule has 0 radical (unpaired) electrons. The summed E-state index contributed by atoms with van der Waals surface area (Å²) < 4.78 is 0. The molecule has 1 aliphatic rings. The number of rotatable bonds is 6. The molecule has 7 heteroatoms. The Bertz CT molecular complexity index is 752. The van der Waals surface area contributed by atoms with Gasteiger partial charge in [0.2, 0.25) is 5.91 Å². The molecule has 0 saturated carbocycles. The van der Waals surface area contributed by atoms with Crippen molar-refractivity contribution in [1.29, 1.82) is 0 Å². The lowest BCUT2D eigenvalue weighted by Gasteiger charge is -2.35. The van der Waals surface area contributed by atoms with Crippen LogP contribution in [0.15, 0.2) is 17.5 Å². The Morgan fingerprint density at radius 1 is 1.23 bits per heavy atom. The number of amides is 1. The highest BCUT2D eigenvalue weighted by Gasteiger charge is 2.22. The van der Waals surface area contributed by atoms with Gasteiger partial charge in [-0.25, -0.2) is 9.97 Å². The number of aryl methyl sites for hydroxylation is 3. The fourth-order valence-electron chi connectivity index (χ4n) is 3.21. The molecule has 1 fully saturated rings. The van der Waals surface area contributed by atoms with Gasteiger partial charge in [0.1, 0.15) is 17.5 Å². The lowest BCUT2D eigenvalue weighted by atomic mass is 10.2. The largest absolute Gasteiger partial charge is 0.370 e. The Hall–Kier alpha value is -2.15. The van der Waals surface area contributed by atoms with Crippen molar-refractivity contribution < 1.29 is 4.79 Å². The van der Waals surface area contributed by atoms with Crippen molar-refractivity contribution in [3.63, 3.8) is 0 Å². The van der Waals surface area contributed by atoms with Crippen LogP contribution in [-0.4, -0.2) is 53.5 Å². The first-order valence-corrected chi connectivity index (χ1v) is 10.1. The molecule has 3 heterocycles. The summed E-state index contributed by atoms with van der Waals surface area (Å²) in [7, 11) is 0. The third-order valence-electron chi connectivity index (χ3n) is 4.67. The monoisotopic (exact) mass is 373 g/mol. The van der Waals surface area contributed by atoms with Gasteiger partial charge in [0.25, 0.3) is 0 Å². The van der Waals surface area contributed by atoms with E-state index in [2.05, 4.69) is 45.5 Å². The Morgan fingerprint density at radius 2 is 2.00 bits per heavy atom. The molecule has 0 aliphatic carbocycles. The van der Waals surface area contributed by atoms with E-state index in [0.29, 0.717) is 6.42 Å². The molecule has 1 N–H and O–H groups in total. The standard InChI is InChI=1S/C19H27N5OS/c1-4-20-17-13-18(22-15(3)21-17)23-8-10-24(11-9-23)19(25)6-5-16-14(2)7-12-26-16/h7,12-13H,4-6,8-11H2,1-3H3,(H,20,21,22). The minimum absolute atomic E-state index is 0.254. The molecule has 6 nitrogen and oxygen atoms in total. The van der Waals surface area contributed by atoms with Crippen LogP contribution in [0.25, 0.3) is 0 Å². The highest BCUT2D eigenvalue weighted by atomic mass is 32.1. The summed E-state index contributed by atoms with van der Waals surface area (Å²) in [6, 6.07) is 4.11. The summed E-state index contributed by atoms with van der Waals surface area (Å²) in [6.07, 6.45) is 1.44. The molecule has 1 amide bonds. The van der Waals surface area contributed by atoms with Crippen molar-refractivity contribution >= 4 is 28.9 Å². The molecular formula is C19H27N5OS. The number of hydrogen-bond donors (Lipinski definition) is 1. The maximum absolute atomic E-state index is 12.5. The van der Waals surface area contributed by atoms with Crippen molar-refractivity contribution in [2.75, 3.05) is 42.9 Å². The van der Waals surface area contributed by atoms with E-state index in [4.69, 9.17) is 0 Å². The molecule has 2 aromatic rings.